The van der Waals surface area contributed by atoms with Crippen molar-refractivity contribution in [2.24, 2.45) is 0 Å². The number of benzene rings is 1. The first-order chi connectivity index (χ1) is 15.0. The van der Waals surface area contributed by atoms with Crippen LogP contribution < -0.4 is 5.73 Å². The number of carbonyl (C=O) groups excluding carboxylic acids is 1. The summed E-state index contributed by atoms with van der Waals surface area (Å²) in [5.74, 6) is -0.351. The molecule has 0 aliphatic carbocycles. The average molecular weight is 468 g/mol. The summed E-state index contributed by atoms with van der Waals surface area (Å²) in [6.45, 7) is 1.79. The summed E-state index contributed by atoms with van der Waals surface area (Å²) in [5.41, 5.74) is 5.72. The van der Waals surface area contributed by atoms with Crippen molar-refractivity contribution >= 4 is 27.3 Å². The lowest BCUT2D eigenvalue weighted by molar-refractivity contribution is -0.137. The summed E-state index contributed by atoms with van der Waals surface area (Å²) < 4.78 is 66.7. The van der Waals surface area contributed by atoms with Gasteiger partial charge >= 0.3 is 6.18 Å². The molecule has 1 saturated heterocycles. The van der Waals surface area contributed by atoms with Gasteiger partial charge in [-0.1, -0.05) is 0 Å². The minimum absolute atomic E-state index is 0.000967. The second-order valence-electron chi connectivity index (χ2n) is 7.45. The fourth-order valence-electron chi connectivity index (χ4n) is 3.60. The maximum atomic E-state index is 13.1. The number of nitrogen functional groups attached to an aromatic ring is 1. The molecular weight excluding hydrogens is 449 g/mol. The number of alkyl halides is 3. The zero-order valence-electron chi connectivity index (χ0n) is 16.8. The molecule has 32 heavy (non-hydrogen) atoms. The van der Waals surface area contributed by atoms with Gasteiger partial charge in [0.1, 0.15) is 5.56 Å². The zero-order valence-corrected chi connectivity index (χ0v) is 17.6. The van der Waals surface area contributed by atoms with E-state index in [-0.39, 0.29) is 36.0 Å². The Morgan fingerprint density at radius 1 is 1.16 bits per heavy atom. The number of halogens is 3. The quantitative estimate of drug-likeness (QED) is 0.628. The van der Waals surface area contributed by atoms with Crippen LogP contribution in [0.2, 0.25) is 0 Å². The van der Waals surface area contributed by atoms with E-state index in [2.05, 4.69) is 10.1 Å². The summed E-state index contributed by atoms with van der Waals surface area (Å²) in [6, 6.07) is 2.87. The Labute approximate surface area is 181 Å². The normalized spacial score (nSPS) is 18.2. The maximum Gasteiger partial charge on any atom is 0.416 e. The number of fused-ring (bicyclic) bond motifs is 1. The third-order valence-corrected chi connectivity index (χ3v) is 7.16. The van der Waals surface area contributed by atoms with Crippen molar-refractivity contribution in [1.82, 2.24) is 23.8 Å². The summed E-state index contributed by atoms with van der Waals surface area (Å²) >= 11 is 0. The molecule has 1 aromatic carbocycles. The molecule has 1 aliphatic heterocycles. The lowest BCUT2D eigenvalue weighted by atomic mass is 10.2. The molecule has 1 fully saturated rings. The summed E-state index contributed by atoms with van der Waals surface area (Å²) in [7, 11) is -4.01. The number of aromatic nitrogens is 3. The van der Waals surface area contributed by atoms with Crippen molar-refractivity contribution < 1.29 is 26.4 Å². The molecule has 1 aliphatic rings. The van der Waals surface area contributed by atoms with E-state index in [4.69, 9.17) is 5.73 Å². The zero-order chi connectivity index (χ0) is 23.3. The molecule has 3 heterocycles. The van der Waals surface area contributed by atoms with Gasteiger partial charge in [0, 0.05) is 25.7 Å². The van der Waals surface area contributed by atoms with Crippen molar-refractivity contribution in [2.75, 3.05) is 25.4 Å². The van der Waals surface area contributed by atoms with Crippen LogP contribution in [0.4, 0.5) is 18.9 Å². The lowest BCUT2D eigenvalue weighted by Gasteiger charge is -2.39. The molecule has 3 aromatic rings. The van der Waals surface area contributed by atoms with Crippen LogP contribution in [-0.4, -0.2) is 63.8 Å². The fraction of sp³-hybridized carbons (Fsp3) is 0.316. The van der Waals surface area contributed by atoms with E-state index < -0.39 is 27.8 Å². The van der Waals surface area contributed by atoms with Gasteiger partial charge < -0.3 is 10.6 Å². The van der Waals surface area contributed by atoms with Gasteiger partial charge in [0.2, 0.25) is 10.0 Å². The Kier molecular flexibility index (Phi) is 5.33. The number of nitrogens with two attached hydrogens (primary N) is 1. The van der Waals surface area contributed by atoms with Gasteiger partial charge in [0.25, 0.3) is 5.91 Å². The number of sulfonamides is 1. The predicted molar refractivity (Wildman–Crippen MR) is 108 cm³/mol. The number of amides is 1. The molecule has 9 nitrogen and oxygen atoms in total. The van der Waals surface area contributed by atoms with Gasteiger partial charge in [-0.05, 0) is 31.2 Å². The molecule has 1 amide bonds. The van der Waals surface area contributed by atoms with E-state index in [1.807, 2.05) is 0 Å². The van der Waals surface area contributed by atoms with E-state index in [0.29, 0.717) is 11.3 Å². The Balaban J connectivity index is 1.51. The average Bonchev–Trinajstić information content (AvgIpc) is 3.15. The largest absolute Gasteiger partial charge is 0.416 e. The minimum Gasteiger partial charge on any atom is -0.396 e. The molecule has 0 saturated carbocycles. The van der Waals surface area contributed by atoms with Crippen LogP contribution in [-0.2, 0) is 16.2 Å². The Morgan fingerprint density at radius 3 is 2.47 bits per heavy atom. The summed E-state index contributed by atoms with van der Waals surface area (Å²) in [6.07, 6.45) is -0.244. The van der Waals surface area contributed by atoms with Crippen LogP contribution in [0, 0.1) is 0 Å². The second kappa shape index (κ2) is 7.74. The van der Waals surface area contributed by atoms with Crippen molar-refractivity contribution in [3.63, 3.8) is 0 Å². The van der Waals surface area contributed by atoms with E-state index >= 15 is 0 Å². The third-order valence-electron chi connectivity index (χ3n) is 5.28. The van der Waals surface area contributed by atoms with Crippen LogP contribution >= 0.6 is 0 Å². The van der Waals surface area contributed by atoms with Gasteiger partial charge in [-0.25, -0.2) is 17.9 Å². The molecule has 0 unspecified atom stereocenters. The first kappa shape index (κ1) is 22.0. The SMILES string of the molecule is C[C@H]1CN(S(=O)(=O)c2ccc(C(F)(F)F)cc2)CCN1C(=O)c1cnn2cc(N)cnc12. The maximum absolute atomic E-state index is 13.1. The highest BCUT2D eigenvalue weighted by atomic mass is 32.2. The van der Waals surface area contributed by atoms with Crippen molar-refractivity contribution in [2.45, 2.75) is 24.0 Å². The number of nitrogens with zero attached hydrogens (tertiary/aromatic N) is 5. The molecule has 1 atom stereocenters. The van der Waals surface area contributed by atoms with Crippen molar-refractivity contribution in [3.8, 4) is 0 Å². The van der Waals surface area contributed by atoms with Crippen LogP contribution in [0.3, 0.4) is 0 Å². The number of anilines is 1. The summed E-state index contributed by atoms with van der Waals surface area (Å²) in [4.78, 5) is 18.5. The lowest BCUT2D eigenvalue weighted by Crippen LogP contribution is -2.55. The Bertz CT molecular complexity index is 1270. The van der Waals surface area contributed by atoms with Crippen molar-refractivity contribution in [3.05, 3.63) is 54.0 Å². The number of rotatable bonds is 3. The summed E-state index contributed by atoms with van der Waals surface area (Å²) in [5, 5.41) is 4.08. The van der Waals surface area contributed by atoms with E-state index in [9.17, 15) is 26.4 Å². The topological polar surface area (TPSA) is 114 Å². The van der Waals surface area contributed by atoms with Gasteiger partial charge in [-0.15, -0.1) is 0 Å². The van der Waals surface area contributed by atoms with Crippen LogP contribution in [0.5, 0.6) is 0 Å². The first-order valence-corrected chi connectivity index (χ1v) is 11.0. The van der Waals surface area contributed by atoms with Crippen molar-refractivity contribution in [1.29, 1.82) is 0 Å². The molecular formula is C19H19F3N6O3S. The van der Waals surface area contributed by atoms with E-state index in [0.717, 1.165) is 24.3 Å². The predicted octanol–water partition coefficient (Wildman–Crippen LogP) is 1.87. The van der Waals surface area contributed by atoms with Gasteiger partial charge in [0.15, 0.2) is 5.65 Å². The van der Waals surface area contributed by atoms with E-state index in [1.54, 1.807) is 6.92 Å². The van der Waals surface area contributed by atoms with Gasteiger partial charge in [-0.2, -0.15) is 22.6 Å². The monoisotopic (exact) mass is 468 g/mol. The highest BCUT2D eigenvalue weighted by Gasteiger charge is 2.36. The third kappa shape index (κ3) is 3.88. The van der Waals surface area contributed by atoms with Gasteiger partial charge in [0.05, 0.1) is 34.7 Å². The standard InChI is InChI=1S/C19H19F3N6O3S/c1-12-10-26(32(30,31)15-4-2-13(3-5-15)19(20,21)22)6-7-27(12)18(29)16-9-25-28-11-14(23)8-24-17(16)28/h2-5,8-9,11-12H,6-7,10,23H2,1H3/t12-/m0/s1. The van der Waals surface area contributed by atoms with Crippen LogP contribution in [0.25, 0.3) is 5.65 Å². The molecule has 170 valence electrons. The van der Waals surface area contributed by atoms with E-state index in [1.165, 1.54) is 32.3 Å². The molecule has 0 radical (unpaired) electrons. The smallest absolute Gasteiger partial charge is 0.396 e. The highest BCUT2D eigenvalue weighted by Crippen LogP contribution is 2.30. The number of piperazine rings is 1. The van der Waals surface area contributed by atoms with Crippen LogP contribution in [0.15, 0.2) is 47.8 Å². The minimum atomic E-state index is -4.55. The Hall–Kier alpha value is -3.19. The number of carbonyl (C=O) groups is 1. The molecule has 2 N–H and O–H groups in total. The molecule has 2 aromatic heterocycles. The molecule has 0 spiro atoms. The highest BCUT2D eigenvalue weighted by molar-refractivity contribution is 7.89. The van der Waals surface area contributed by atoms with Crippen LogP contribution in [0.1, 0.15) is 22.8 Å². The molecule has 0 bridgehead atoms. The Morgan fingerprint density at radius 2 is 1.84 bits per heavy atom. The molecule has 4 rings (SSSR count). The second-order valence-corrected chi connectivity index (χ2v) is 9.38. The number of hydrogen-bond donors (Lipinski definition) is 1. The first-order valence-electron chi connectivity index (χ1n) is 9.56. The van der Waals surface area contributed by atoms with Gasteiger partial charge in [-0.3, -0.25) is 4.79 Å². The molecule has 13 heteroatoms. The fourth-order valence-corrected chi connectivity index (χ4v) is 5.12. The number of hydrogen-bond acceptors (Lipinski definition) is 6.